The highest BCUT2D eigenvalue weighted by Gasteiger charge is 2.23. The van der Waals surface area contributed by atoms with Crippen molar-refractivity contribution in [2.45, 2.75) is 25.2 Å². The van der Waals surface area contributed by atoms with Gasteiger partial charge in [0.25, 0.3) is 0 Å². The Morgan fingerprint density at radius 3 is 2.31 bits per heavy atom. The summed E-state index contributed by atoms with van der Waals surface area (Å²) in [5, 5.41) is 5.13. The zero-order valence-corrected chi connectivity index (χ0v) is 17.2. The predicted octanol–water partition coefficient (Wildman–Crippen LogP) is 4.43. The first-order chi connectivity index (χ1) is 13.6. The third-order valence-corrected chi connectivity index (χ3v) is 6.67. The maximum Gasteiger partial charge on any atom is 0.354 e. The number of hydrogen-bond donors (Lipinski definition) is 1. The van der Waals surface area contributed by atoms with E-state index in [1.165, 1.54) is 23.5 Å². The number of hydrogen-bond acceptors (Lipinski definition) is 5. The maximum absolute atomic E-state index is 13.4. The van der Waals surface area contributed by atoms with Crippen LogP contribution in [0.4, 0.5) is 8.78 Å². The largest absolute Gasteiger partial charge is 0.422 e. The van der Waals surface area contributed by atoms with Crippen molar-refractivity contribution in [3.05, 3.63) is 69.4 Å². The van der Waals surface area contributed by atoms with Crippen molar-refractivity contribution in [2.75, 3.05) is 0 Å². The minimum absolute atomic E-state index is 0.0456. The van der Waals surface area contributed by atoms with Crippen molar-refractivity contribution in [3.63, 3.8) is 0 Å². The van der Waals surface area contributed by atoms with Crippen LogP contribution in [-0.2, 0) is 16.4 Å². The fourth-order valence-corrected chi connectivity index (χ4v) is 4.55. The molecule has 0 unspecified atom stereocenters. The van der Waals surface area contributed by atoms with E-state index in [2.05, 4.69) is 0 Å². The van der Waals surface area contributed by atoms with E-state index in [1.807, 2.05) is 13.8 Å². The Morgan fingerprint density at radius 2 is 1.76 bits per heavy atom. The molecule has 0 aliphatic heterocycles. The van der Waals surface area contributed by atoms with Gasteiger partial charge in [0.2, 0.25) is 10.0 Å². The Kier molecular flexibility index (Phi) is 5.83. The van der Waals surface area contributed by atoms with Gasteiger partial charge in [0, 0.05) is 16.5 Å². The number of sulfonamides is 1. The van der Waals surface area contributed by atoms with Crippen LogP contribution in [0, 0.1) is 18.6 Å². The van der Waals surface area contributed by atoms with Gasteiger partial charge < -0.3 is 4.74 Å². The summed E-state index contributed by atoms with van der Waals surface area (Å²) in [5.74, 6) is -2.99. The monoisotopic (exact) mass is 437 g/mol. The molecule has 1 aromatic heterocycles. The first-order valence-electron chi connectivity index (χ1n) is 8.54. The van der Waals surface area contributed by atoms with Crippen LogP contribution >= 0.6 is 11.3 Å². The number of thiophene rings is 1. The fourth-order valence-electron chi connectivity index (χ4n) is 2.89. The quantitative estimate of drug-likeness (QED) is 0.473. The lowest BCUT2D eigenvalue weighted by Gasteiger charge is -2.08. The first-order valence-corrected chi connectivity index (χ1v) is 10.9. The molecule has 0 amide bonds. The van der Waals surface area contributed by atoms with Crippen LogP contribution in [0.1, 0.15) is 27.0 Å². The van der Waals surface area contributed by atoms with E-state index >= 15 is 0 Å². The number of halogens is 2. The fraction of sp³-hybridized carbons (Fsp3) is 0.150. The Labute approximate surface area is 170 Å². The van der Waals surface area contributed by atoms with Gasteiger partial charge in [-0.3, -0.25) is 0 Å². The average molecular weight is 437 g/mol. The zero-order valence-electron chi connectivity index (χ0n) is 15.5. The SMILES string of the molecule is CCc1sc(C(=O)Oc2ccc(F)c(F)c2)c(-c2ccc(S(N)(=O)=O)cc2)c1C. The Hall–Kier alpha value is -2.62. The molecule has 152 valence electrons. The average Bonchev–Trinajstić information content (AvgIpc) is 3.00. The Bertz CT molecular complexity index is 1190. The molecular formula is C20H17F2NO4S2. The third-order valence-electron chi connectivity index (χ3n) is 4.33. The van der Waals surface area contributed by atoms with Crippen LogP contribution in [0.5, 0.6) is 5.75 Å². The molecule has 0 fully saturated rings. The van der Waals surface area contributed by atoms with Gasteiger partial charge in [0.1, 0.15) is 10.6 Å². The first kappa shape index (κ1) is 21.1. The van der Waals surface area contributed by atoms with E-state index in [4.69, 9.17) is 9.88 Å². The Morgan fingerprint density at radius 1 is 1.10 bits per heavy atom. The molecule has 5 nitrogen and oxygen atoms in total. The van der Waals surface area contributed by atoms with Crippen molar-refractivity contribution in [1.29, 1.82) is 0 Å². The lowest BCUT2D eigenvalue weighted by Crippen LogP contribution is -2.12. The second-order valence-electron chi connectivity index (χ2n) is 6.24. The molecule has 0 radical (unpaired) electrons. The lowest BCUT2D eigenvalue weighted by atomic mass is 10.0. The van der Waals surface area contributed by atoms with E-state index in [0.717, 1.165) is 28.6 Å². The molecule has 3 rings (SSSR count). The topological polar surface area (TPSA) is 86.5 Å². The number of esters is 1. The highest BCUT2D eigenvalue weighted by atomic mass is 32.2. The van der Waals surface area contributed by atoms with Crippen LogP contribution in [-0.4, -0.2) is 14.4 Å². The number of ether oxygens (including phenoxy) is 1. The van der Waals surface area contributed by atoms with Crippen LogP contribution < -0.4 is 9.88 Å². The van der Waals surface area contributed by atoms with Gasteiger partial charge in [0.05, 0.1) is 4.90 Å². The highest BCUT2D eigenvalue weighted by molar-refractivity contribution is 7.89. The van der Waals surface area contributed by atoms with Crippen molar-refractivity contribution in [2.24, 2.45) is 5.14 Å². The summed E-state index contributed by atoms with van der Waals surface area (Å²) in [6.07, 6.45) is 0.678. The van der Waals surface area contributed by atoms with Gasteiger partial charge >= 0.3 is 5.97 Å². The van der Waals surface area contributed by atoms with Crippen molar-refractivity contribution < 1.29 is 26.7 Å². The molecule has 0 aliphatic carbocycles. The summed E-state index contributed by atoms with van der Waals surface area (Å²) < 4.78 is 54.7. The van der Waals surface area contributed by atoms with E-state index in [0.29, 0.717) is 17.5 Å². The highest BCUT2D eigenvalue weighted by Crippen LogP contribution is 2.37. The van der Waals surface area contributed by atoms with Gasteiger partial charge in [-0.1, -0.05) is 19.1 Å². The second-order valence-corrected chi connectivity index (χ2v) is 8.91. The molecule has 2 N–H and O–H groups in total. The van der Waals surface area contributed by atoms with Gasteiger partial charge in [-0.05, 0) is 48.7 Å². The number of aryl methyl sites for hydroxylation is 1. The van der Waals surface area contributed by atoms with E-state index in [-0.39, 0.29) is 15.5 Å². The molecule has 29 heavy (non-hydrogen) atoms. The molecule has 0 spiro atoms. The molecule has 0 saturated carbocycles. The number of nitrogens with two attached hydrogens (primary N) is 1. The summed E-state index contributed by atoms with van der Waals surface area (Å²) in [4.78, 5) is 14.0. The lowest BCUT2D eigenvalue weighted by molar-refractivity contribution is 0.0740. The minimum Gasteiger partial charge on any atom is -0.422 e. The maximum atomic E-state index is 13.4. The Balaban J connectivity index is 2.03. The van der Waals surface area contributed by atoms with Crippen molar-refractivity contribution in [1.82, 2.24) is 0 Å². The smallest absolute Gasteiger partial charge is 0.354 e. The molecule has 0 atom stereocenters. The van der Waals surface area contributed by atoms with Crippen molar-refractivity contribution in [3.8, 4) is 16.9 Å². The number of carbonyl (C=O) groups is 1. The summed E-state index contributed by atoms with van der Waals surface area (Å²) in [6, 6.07) is 8.68. The van der Waals surface area contributed by atoms with E-state index < -0.39 is 27.6 Å². The molecule has 1 heterocycles. The third kappa shape index (κ3) is 4.36. The van der Waals surface area contributed by atoms with Gasteiger partial charge in [-0.25, -0.2) is 27.1 Å². The van der Waals surface area contributed by atoms with Gasteiger partial charge in [0.15, 0.2) is 11.6 Å². The summed E-state index contributed by atoms with van der Waals surface area (Å²) in [6.45, 7) is 3.80. The normalized spacial score (nSPS) is 11.5. The van der Waals surface area contributed by atoms with Crippen LogP contribution in [0.2, 0.25) is 0 Å². The zero-order chi connectivity index (χ0) is 21.3. The molecule has 3 aromatic rings. The summed E-state index contributed by atoms with van der Waals surface area (Å²) in [7, 11) is -3.84. The number of primary sulfonamides is 1. The van der Waals surface area contributed by atoms with E-state index in [9.17, 15) is 22.0 Å². The number of rotatable bonds is 5. The van der Waals surface area contributed by atoms with Crippen molar-refractivity contribution >= 4 is 27.3 Å². The van der Waals surface area contributed by atoms with Gasteiger partial charge in [-0.2, -0.15) is 0 Å². The van der Waals surface area contributed by atoms with E-state index in [1.54, 1.807) is 12.1 Å². The minimum atomic E-state index is -3.84. The number of carbonyl (C=O) groups excluding carboxylic acids is 1. The molecule has 0 bridgehead atoms. The van der Waals surface area contributed by atoms with Gasteiger partial charge in [-0.15, -0.1) is 11.3 Å². The number of benzene rings is 2. The second kappa shape index (κ2) is 8.02. The standard InChI is InChI=1S/C20H17F2NO4S2/c1-3-17-11(2)18(12-4-7-14(8-5-12)29(23,25)26)19(28-17)20(24)27-13-6-9-15(21)16(22)10-13/h4-10H,3H2,1-2H3,(H2,23,25,26). The van der Waals surface area contributed by atoms with Crippen LogP contribution in [0.25, 0.3) is 11.1 Å². The molecule has 9 heteroatoms. The van der Waals surface area contributed by atoms with Crippen LogP contribution in [0.15, 0.2) is 47.4 Å². The predicted molar refractivity (Wildman–Crippen MR) is 107 cm³/mol. The summed E-state index contributed by atoms with van der Waals surface area (Å²) >= 11 is 1.24. The van der Waals surface area contributed by atoms with Crippen LogP contribution in [0.3, 0.4) is 0 Å². The molecular weight excluding hydrogens is 420 g/mol. The molecule has 2 aromatic carbocycles. The molecule has 0 aliphatic rings. The molecule has 0 saturated heterocycles. The summed E-state index contributed by atoms with van der Waals surface area (Å²) in [5.41, 5.74) is 2.07.